The molecule has 0 radical (unpaired) electrons. The maximum absolute atomic E-state index is 6.11. The zero-order chi connectivity index (χ0) is 9.68. The van der Waals surface area contributed by atoms with E-state index in [1.165, 1.54) is 9.79 Å². The molecule has 72 valence electrons. The van der Waals surface area contributed by atoms with E-state index in [1.54, 1.807) is 11.8 Å². The second-order valence-corrected chi connectivity index (χ2v) is 5.51. The lowest BCUT2D eigenvalue weighted by Gasteiger charge is -2.04. The van der Waals surface area contributed by atoms with Gasteiger partial charge >= 0.3 is 0 Å². The normalized spacial score (nSPS) is 10.4. The van der Waals surface area contributed by atoms with Gasteiger partial charge in [0.25, 0.3) is 0 Å². The van der Waals surface area contributed by atoms with Gasteiger partial charge in [0, 0.05) is 9.79 Å². The summed E-state index contributed by atoms with van der Waals surface area (Å²) in [5.41, 5.74) is 0. The van der Waals surface area contributed by atoms with E-state index >= 15 is 0 Å². The first-order chi connectivity index (χ1) is 6.27. The average molecular weight is 233 g/mol. The van der Waals surface area contributed by atoms with Crippen LogP contribution in [0.2, 0.25) is 5.02 Å². The number of rotatable bonds is 4. The van der Waals surface area contributed by atoms with Crippen molar-refractivity contribution in [2.24, 2.45) is 0 Å². The van der Waals surface area contributed by atoms with Gasteiger partial charge in [-0.1, -0.05) is 25.4 Å². The molecule has 0 atom stereocenters. The Morgan fingerprint density at radius 1 is 1.15 bits per heavy atom. The standard InChI is InChI=1S/C10H13ClS2/c1-3-12-8-5-6-10(13-4-2)9(11)7-8/h5-7H,3-4H2,1-2H3. The first kappa shape index (κ1) is 11.3. The first-order valence-corrected chi connectivity index (χ1v) is 6.68. The van der Waals surface area contributed by atoms with Gasteiger partial charge < -0.3 is 0 Å². The van der Waals surface area contributed by atoms with Crippen LogP contribution in [-0.2, 0) is 0 Å². The molecule has 0 N–H and O–H groups in total. The maximum Gasteiger partial charge on any atom is 0.0552 e. The highest BCUT2D eigenvalue weighted by Crippen LogP contribution is 2.30. The van der Waals surface area contributed by atoms with Gasteiger partial charge in [-0.25, -0.2) is 0 Å². The van der Waals surface area contributed by atoms with E-state index in [0.29, 0.717) is 0 Å². The van der Waals surface area contributed by atoms with E-state index in [1.807, 2.05) is 17.8 Å². The van der Waals surface area contributed by atoms with Crippen LogP contribution in [0.25, 0.3) is 0 Å². The van der Waals surface area contributed by atoms with E-state index in [4.69, 9.17) is 11.6 Å². The summed E-state index contributed by atoms with van der Waals surface area (Å²) in [6, 6.07) is 6.29. The molecule has 3 heteroatoms. The predicted octanol–water partition coefficient (Wildman–Crippen LogP) is 4.56. The minimum absolute atomic E-state index is 0.880. The molecule has 0 saturated carbocycles. The highest BCUT2D eigenvalue weighted by atomic mass is 35.5. The van der Waals surface area contributed by atoms with E-state index in [0.717, 1.165) is 16.5 Å². The van der Waals surface area contributed by atoms with Crippen molar-refractivity contribution in [2.45, 2.75) is 23.6 Å². The quantitative estimate of drug-likeness (QED) is 0.698. The van der Waals surface area contributed by atoms with Crippen molar-refractivity contribution in [3.05, 3.63) is 23.2 Å². The number of benzene rings is 1. The highest BCUT2D eigenvalue weighted by molar-refractivity contribution is 7.99. The Kier molecular flexibility index (Phi) is 5.07. The molecule has 0 fully saturated rings. The number of hydrogen-bond acceptors (Lipinski definition) is 2. The molecule has 0 amide bonds. The van der Waals surface area contributed by atoms with Crippen LogP contribution in [-0.4, -0.2) is 11.5 Å². The fourth-order valence-corrected chi connectivity index (χ4v) is 2.79. The monoisotopic (exact) mass is 232 g/mol. The predicted molar refractivity (Wildman–Crippen MR) is 64.2 cm³/mol. The Morgan fingerprint density at radius 3 is 2.38 bits per heavy atom. The molecule has 0 aliphatic rings. The van der Waals surface area contributed by atoms with Crippen molar-refractivity contribution in [2.75, 3.05) is 11.5 Å². The summed E-state index contributed by atoms with van der Waals surface area (Å²) in [4.78, 5) is 2.44. The Bertz CT molecular complexity index is 274. The molecule has 0 aromatic heterocycles. The summed E-state index contributed by atoms with van der Waals surface area (Å²) in [7, 11) is 0. The average Bonchev–Trinajstić information content (AvgIpc) is 2.10. The molecule has 1 aromatic rings. The van der Waals surface area contributed by atoms with Crippen molar-refractivity contribution in [1.29, 1.82) is 0 Å². The molecule has 1 rings (SSSR count). The van der Waals surface area contributed by atoms with Gasteiger partial charge in [-0.3, -0.25) is 0 Å². The second-order valence-electron chi connectivity index (χ2n) is 2.46. The topological polar surface area (TPSA) is 0 Å². The number of thioether (sulfide) groups is 2. The summed E-state index contributed by atoms with van der Waals surface area (Å²) in [5, 5.41) is 0.880. The third-order valence-corrected chi connectivity index (χ3v) is 3.77. The fraction of sp³-hybridized carbons (Fsp3) is 0.400. The summed E-state index contributed by atoms with van der Waals surface area (Å²) in [5.74, 6) is 2.16. The molecule has 0 unspecified atom stereocenters. The largest absolute Gasteiger partial charge is 0.126 e. The fourth-order valence-electron chi connectivity index (χ4n) is 1.01. The Balaban J connectivity index is 2.79. The zero-order valence-corrected chi connectivity index (χ0v) is 10.2. The van der Waals surface area contributed by atoms with Crippen LogP contribution in [0.4, 0.5) is 0 Å². The van der Waals surface area contributed by atoms with Crippen LogP contribution in [0.15, 0.2) is 28.0 Å². The lowest BCUT2D eigenvalue weighted by molar-refractivity contribution is 1.34. The van der Waals surface area contributed by atoms with Gasteiger partial charge in [-0.2, -0.15) is 0 Å². The van der Waals surface area contributed by atoms with Crippen LogP contribution < -0.4 is 0 Å². The smallest absolute Gasteiger partial charge is 0.0552 e. The number of halogens is 1. The summed E-state index contributed by atoms with van der Waals surface area (Å²) >= 11 is 9.72. The van der Waals surface area contributed by atoms with Crippen molar-refractivity contribution in [3.63, 3.8) is 0 Å². The molecule has 0 aliphatic carbocycles. The third kappa shape index (κ3) is 3.45. The Labute approximate surface area is 93.4 Å². The van der Waals surface area contributed by atoms with Crippen molar-refractivity contribution >= 4 is 35.1 Å². The minimum atomic E-state index is 0.880. The Morgan fingerprint density at radius 2 is 1.85 bits per heavy atom. The summed E-state index contributed by atoms with van der Waals surface area (Å²) in [6.07, 6.45) is 0. The lowest BCUT2D eigenvalue weighted by atomic mass is 10.4. The summed E-state index contributed by atoms with van der Waals surface area (Å²) in [6.45, 7) is 4.28. The van der Waals surface area contributed by atoms with Gasteiger partial charge in [0.2, 0.25) is 0 Å². The highest BCUT2D eigenvalue weighted by Gasteiger charge is 2.01. The Hall–Kier alpha value is 0.210. The molecule has 0 spiro atoms. The molecular formula is C10H13ClS2. The SMILES string of the molecule is CCSc1ccc(SCC)c(Cl)c1. The van der Waals surface area contributed by atoms with Crippen LogP contribution in [0, 0.1) is 0 Å². The number of hydrogen-bond donors (Lipinski definition) is 0. The zero-order valence-electron chi connectivity index (χ0n) is 7.84. The molecule has 0 bridgehead atoms. The molecule has 0 nitrogen and oxygen atoms in total. The molecule has 1 aromatic carbocycles. The molecular weight excluding hydrogens is 220 g/mol. The third-order valence-electron chi connectivity index (χ3n) is 1.51. The van der Waals surface area contributed by atoms with Crippen LogP contribution in [0.1, 0.15) is 13.8 Å². The van der Waals surface area contributed by atoms with Crippen molar-refractivity contribution in [3.8, 4) is 0 Å². The molecule has 0 saturated heterocycles. The van der Waals surface area contributed by atoms with Crippen LogP contribution >= 0.6 is 35.1 Å². The van der Waals surface area contributed by atoms with Crippen LogP contribution in [0.3, 0.4) is 0 Å². The second kappa shape index (κ2) is 5.84. The molecule has 13 heavy (non-hydrogen) atoms. The van der Waals surface area contributed by atoms with Gasteiger partial charge in [0.05, 0.1) is 5.02 Å². The summed E-state index contributed by atoms with van der Waals surface area (Å²) < 4.78 is 0. The van der Waals surface area contributed by atoms with E-state index in [-0.39, 0.29) is 0 Å². The van der Waals surface area contributed by atoms with Gasteiger partial charge in [-0.05, 0) is 29.7 Å². The van der Waals surface area contributed by atoms with Gasteiger partial charge in [0.1, 0.15) is 0 Å². The maximum atomic E-state index is 6.11. The van der Waals surface area contributed by atoms with Gasteiger partial charge in [-0.15, -0.1) is 23.5 Å². The minimum Gasteiger partial charge on any atom is -0.126 e. The molecule has 0 aliphatic heterocycles. The van der Waals surface area contributed by atoms with Crippen molar-refractivity contribution < 1.29 is 0 Å². The van der Waals surface area contributed by atoms with Gasteiger partial charge in [0.15, 0.2) is 0 Å². The lowest BCUT2D eigenvalue weighted by Crippen LogP contribution is -1.78. The van der Waals surface area contributed by atoms with Crippen molar-refractivity contribution in [1.82, 2.24) is 0 Å². The van der Waals surface area contributed by atoms with Crippen LogP contribution in [0.5, 0.6) is 0 Å². The van der Waals surface area contributed by atoms with E-state index in [2.05, 4.69) is 26.0 Å². The van der Waals surface area contributed by atoms with E-state index in [9.17, 15) is 0 Å². The molecule has 0 heterocycles. The first-order valence-electron chi connectivity index (χ1n) is 4.33. The van der Waals surface area contributed by atoms with E-state index < -0.39 is 0 Å².